The van der Waals surface area contributed by atoms with E-state index in [0.717, 1.165) is 0 Å². The summed E-state index contributed by atoms with van der Waals surface area (Å²) in [6.45, 7) is 2.06. The topological polar surface area (TPSA) is 0 Å². The molecule has 0 fully saturated rings. The molecule has 0 saturated carbocycles. The van der Waals surface area contributed by atoms with Gasteiger partial charge in [0.2, 0.25) is 0 Å². The van der Waals surface area contributed by atoms with E-state index in [-0.39, 0.29) is 0 Å². The molecule has 0 unspecified atom stereocenters. The van der Waals surface area contributed by atoms with E-state index in [2.05, 4.69) is 31.6 Å². The molecular weight excluding hydrogens is 249 g/mol. The van der Waals surface area contributed by atoms with E-state index in [1.165, 1.54) is 5.75 Å². The summed E-state index contributed by atoms with van der Waals surface area (Å²) in [7, 11) is -10.1. The number of rotatable bonds is 2. The van der Waals surface area contributed by atoms with Crippen molar-refractivity contribution in [3.63, 3.8) is 0 Å². The zero-order valence-electron chi connectivity index (χ0n) is 7.99. The van der Waals surface area contributed by atoms with E-state index in [4.69, 9.17) is 0 Å². The van der Waals surface area contributed by atoms with Gasteiger partial charge in [0.1, 0.15) is 5.75 Å². The molecule has 0 amide bonds. The molecule has 14 heavy (non-hydrogen) atoms. The first kappa shape index (κ1) is 16.5. The molecule has 8 heteroatoms. The first-order chi connectivity index (χ1) is 5.72. The Morgan fingerprint density at radius 2 is 1.29 bits per heavy atom. The number of hydrogen-bond acceptors (Lipinski definition) is 0. The van der Waals surface area contributed by atoms with Crippen LogP contribution in [0.15, 0.2) is 12.2 Å². The minimum atomic E-state index is -10.7. The molecule has 0 heterocycles. The third-order valence-electron chi connectivity index (χ3n) is 0.665. The summed E-state index contributed by atoms with van der Waals surface area (Å²) in [5.41, 5.74) is 0. The summed E-state index contributed by atoms with van der Waals surface area (Å²) < 4.78 is 59.2. The molecule has 0 rings (SSSR count). The summed E-state index contributed by atoms with van der Waals surface area (Å²) in [5.74, 6) is 1.25. The summed E-state index contributed by atoms with van der Waals surface area (Å²) in [5, 5.41) is 0. The third kappa shape index (κ3) is 88.7. The van der Waals surface area contributed by atoms with Crippen LogP contribution in [0.5, 0.6) is 0 Å². The fourth-order valence-electron chi connectivity index (χ4n) is 0.289. The van der Waals surface area contributed by atoms with E-state index < -0.39 is 7.81 Å². The molecule has 90 valence electrons. The molecule has 0 aromatic heterocycles. The predicted octanol–water partition coefficient (Wildman–Crippen LogP) is 4.82. The molecule has 0 aliphatic carbocycles. The monoisotopic (exact) mass is 262 g/mol. The van der Waals surface area contributed by atoms with E-state index in [0.29, 0.717) is 10.9 Å². The van der Waals surface area contributed by atoms with Crippen molar-refractivity contribution in [2.75, 3.05) is 18.3 Å². The van der Waals surface area contributed by atoms with Gasteiger partial charge in [0.25, 0.3) is 0 Å². The van der Waals surface area contributed by atoms with Gasteiger partial charge in [-0.1, -0.05) is 6.08 Å². The molecule has 0 atom stereocenters. The Morgan fingerprint density at radius 3 is 1.36 bits per heavy atom. The Hall–Kier alpha value is 0.1000. The van der Waals surface area contributed by atoms with Gasteiger partial charge in [-0.05, 0) is 23.9 Å². The number of halogens is 6. The normalized spacial score (nSPS) is 17.3. The number of hydrogen-bond donors (Lipinski definition) is 0. The van der Waals surface area contributed by atoms with Crippen molar-refractivity contribution in [1.82, 2.24) is 0 Å². The Balaban J connectivity index is 0. The fourth-order valence-corrected chi connectivity index (χ4v) is 0.866. The first-order valence-electron chi connectivity index (χ1n) is 3.44. The summed E-state index contributed by atoms with van der Waals surface area (Å²) in [6.07, 6.45) is 8.82. The maximum atomic E-state index is 9.87. The van der Waals surface area contributed by atoms with E-state index in [1.807, 2.05) is 0 Å². The molecule has 0 N–H and O–H groups in total. The third-order valence-corrected chi connectivity index (χ3v) is 1.52. The molecule has 0 radical (unpaired) electrons. The average Bonchev–Trinajstić information content (AvgIpc) is 1.75. The van der Waals surface area contributed by atoms with Gasteiger partial charge < -0.3 is 0 Å². The van der Waals surface area contributed by atoms with Gasteiger partial charge in [-0.25, -0.2) is 0 Å². The van der Waals surface area contributed by atoms with Crippen LogP contribution in [0.25, 0.3) is 0 Å². The van der Waals surface area contributed by atoms with Crippen molar-refractivity contribution >= 4 is 18.7 Å². The van der Waals surface area contributed by atoms with Crippen molar-refractivity contribution < 1.29 is 25.2 Å². The van der Waals surface area contributed by atoms with Gasteiger partial charge >= 0.3 is 33.0 Å². The van der Waals surface area contributed by atoms with Crippen LogP contribution in [-0.2, 0) is 10.9 Å². The molecule has 0 aliphatic rings. The second-order valence-corrected chi connectivity index (χ2v) is 6.90. The van der Waals surface area contributed by atoms with Gasteiger partial charge in [0.05, 0.1) is 12.5 Å². The van der Waals surface area contributed by atoms with Crippen molar-refractivity contribution in [2.45, 2.75) is 6.92 Å². The van der Waals surface area contributed by atoms with Gasteiger partial charge in [-0.3, -0.25) is 0 Å². The van der Waals surface area contributed by atoms with Crippen molar-refractivity contribution in [3.05, 3.63) is 12.2 Å². The van der Waals surface area contributed by atoms with Crippen molar-refractivity contribution in [3.8, 4) is 0 Å². The first-order valence-corrected chi connectivity index (χ1v) is 7.68. The number of allylic oxidation sites excluding steroid dienone is 1. The van der Waals surface area contributed by atoms with Gasteiger partial charge in [-0.15, -0.1) is 0 Å². The Kier molecular flexibility index (Phi) is 5.09. The molecule has 0 nitrogen and oxygen atoms in total. The summed E-state index contributed by atoms with van der Waals surface area (Å²) in [4.78, 5) is 0. The minimum absolute atomic E-state index is 0.598. The van der Waals surface area contributed by atoms with Gasteiger partial charge in [0.15, 0.2) is 0 Å². The van der Waals surface area contributed by atoms with Crippen LogP contribution in [-0.4, -0.2) is 18.3 Å². The molecule has 0 saturated heterocycles. The fraction of sp³-hybridized carbons (Fsp3) is 0.667. The molecule has 0 spiro atoms. The van der Waals surface area contributed by atoms with Crippen LogP contribution in [0.1, 0.15) is 6.92 Å². The average molecular weight is 262 g/mol. The molecular formula is C6H13F6PS. The zero-order valence-corrected chi connectivity index (χ0v) is 9.70. The van der Waals surface area contributed by atoms with Gasteiger partial charge in [-0.2, -0.15) is 0 Å². The van der Waals surface area contributed by atoms with Crippen LogP contribution < -0.4 is 0 Å². The summed E-state index contributed by atoms with van der Waals surface area (Å²) >= 11 is 0. The van der Waals surface area contributed by atoms with Crippen molar-refractivity contribution in [2.24, 2.45) is 0 Å². The van der Waals surface area contributed by atoms with Crippen LogP contribution in [0, 0.1) is 0 Å². The summed E-state index contributed by atoms with van der Waals surface area (Å²) in [6, 6.07) is 0. The Labute approximate surface area is 82.0 Å². The Bertz CT molecular complexity index is 178. The maximum absolute atomic E-state index is 10.7. The van der Waals surface area contributed by atoms with E-state index in [9.17, 15) is 25.2 Å². The SMILES string of the molecule is C/C=C/C[S+](C)C.F[P-](F)(F)(F)(F)F. The van der Waals surface area contributed by atoms with Gasteiger partial charge in [0, 0.05) is 0 Å². The van der Waals surface area contributed by atoms with Crippen LogP contribution in [0.4, 0.5) is 25.2 Å². The molecule has 0 aliphatic heterocycles. The molecule has 0 bridgehead atoms. The molecule has 0 aromatic rings. The van der Waals surface area contributed by atoms with Crippen LogP contribution in [0.3, 0.4) is 0 Å². The second kappa shape index (κ2) is 4.31. The Morgan fingerprint density at radius 1 is 1.00 bits per heavy atom. The van der Waals surface area contributed by atoms with E-state index >= 15 is 0 Å². The van der Waals surface area contributed by atoms with Crippen molar-refractivity contribution in [1.29, 1.82) is 0 Å². The quantitative estimate of drug-likeness (QED) is 0.289. The standard InChI is InChI=1S/C6H13S.F6P/c1-4-5-6-7(2)3;1-7(2,3,4,5)6/h4-5H,6H2,1-3H3;/q+1;-1/b5-4+;. The van der Waals surface area contributed by atoms with Crippen LogP contribution >= 0.6 is 7.81 Å². The van der Waals surface area contributed by atoms with E-state index in [1.54, 1.807) is 0 Å². The van der Waals surface area contributed by atoms with Crippen LogP contribution in [0.2, 0.25) is 0 Å². The second-order valence-electron chi connectivity index (χ2n) is 2.68. The predicted molar refractivity (Wildman–Crippen MR) is 52.5 cm³/mol. The molecule has 0 aromatic carbocycles. The zero-order chi connectivity index (χ0) is 12.1.